The number of aromatic nitrogens is 2. The summed E-state index contributed by atoms with van der Waals surface area (Å²) in [5.74, 6) is 0.573. The molecule has 1 aromatic heterocycles. The van der Waals surface area contributed by atoms with Crippen LogP contribution in [0.3, 0.4) is 0 Å². The zero-order valence-corrected chi connectivity index (χ0v) is 16.6. The van der Waals surface area contributed by atoms with Crippen molar-refractivity contribution in [1.29, 1.82) is 0 Å². The topological polar surface area (TPSA) is 104 Å². The number of benzene rings is 2. The lowest BCUT2D eigenvalue weighted by atomic mass is 10.1. The molecule has 1 amide bonds. The number of H-pyrrole nitrogens is 1. The van der Waals surface area contributed by atoms with E-state index < -0.39 is 0 Å². The highest BCUT2D eigenvalue weighted by atomic mass is 16.5. The molecule has 3 aromatic rings. The van der Waals surface area contributed by atoms with Crippen LogP contribution in [0.4, 0.5) is 0 Å². The van der Waals surface area contributed by atoms with Gasteiger partial charge in [-0.1, -0.05) is 19.4 Å². The summed E-state index contributed by atoms with van der Waals surface area (Å²) in [7, 11) is 0. The molecule has 0 atom stereocenters. The molecule has 1 aliphatic heterocycles. The summed E-state index contributed by atoms with van der Waals surface area (Å²) in [6.45, 7) is 4.27. The van der Waals surface area contributed by atoms with E-state index in [0.717, 1.165) is 52.7 Å². The highest BCUT2D eigenvalue weighted by Gasteiger charge is 2.27. The number of nitrogens with one attached hydrogen (secondary N) is 1. The average Bonchev–Trinajstić information content (AvgIpc) is 3.31. The number of ether oxygens (including phenoxy) is 1. The molecule has 0 saturated carbocycles. The summed E-state index contributed by atoms with van der Waals surface area (Å²) >= 11 is 0. The number of aromatic amines is 1. The lowest BCUT2D eigenvalue weighted by Gasteiger charge is -2.16. The molecule has 7 heteroatoms. The van der Waals surface area contributed by atoms with Gasteiger partial charge in [-0.25, -0.2) is 0 Å². The van der Waals surface area contributed by atoms with Crippen LogP contribution in [-0.2, 0) is 19.5 Å². The van der Waals surface area contributed by atoms with Crippen LogP contribution in [0.15, 0.2) is 30.3 Å². The van der Waals surface area contributed by atoms with Gasteiger partial charge in [0.25, 0.3) is 5.91 Å². The quantitative estimate of drug-likeness (QED) is 0.534. The number of carbonyl (C=O) groups is 1. The Hall–Kier alpha value is -3.06. The third-order valence-corrected chi connectivity index (χ3v) is 5.28. The first-order valence-electron chi connectivity index (χ1n) is 10.0. The van der Waals surface area contributed by atoms with Gasteiger partial charge in [0.1, 0.15) is 11.5 Å². The van der Waals surface area contributed by atoms with Crippen molar-refractivity contribution in [3.63, 3.8) is 0 Å². The van der Waals surface area contributed by atoms with Gasteiger partial charge in [0.15, 0.2) is 0 Å². The summed E-state index contributed by atoms with van der Waals surface area (Å²) in [5, 5.41) is 18.6. The summed E-state index contributed by atoms with van der Waals surface area (Å²) in [5.41, 5.74) is 9.64. The minimum absolute atomic E-state index is 0.0315. The van der Waals surface area contributed by atoms with Crippen LogP contribution in [0, 0.1) is 0 Å². The highest BCUT2D eigenvalue weighted by Crippen LogP contribution is 2.32. The van der Waals surface area contributed by atoms with E-state index in [1.54, 1.807) is 17.0 Å². The van der Waals surface area contributed by atoms with Gasteiger partial charge in [0.05, 0.1) is 23.4 Å². The van der Waals surface area contributed by atoms with Crippen LogP contribution in [0.25, 0.3) is 10.9 Å². The fourth-order valence-corrected chi connectivity index (χ4v) is 3.75. The molecule has 1 aliphatic rings. The number of amides is 1. The fourth-order valence-electron chi connectivity index (χ4n) is 3.75. The molecule has 2 heterocycles. The Kier molecular flexibility index (Phi) is 5.40. The Morgan fingerprint density at radius 2 is 2.10 bits per heavy atom. The minimum Gasteiger partial charge on any atom is -0.507 e. The number of hydrogen-bond acceptors (Lipinski definition) is 5. The number of carbonyl (C=O) groups excluding carboxylic acids is 1. The number of nitrogens with zero attached hydrogens (tertiary/aromatic N) is 2. The van der Waals surface area contributed by atoms with E-state index >= 15 is 0 Å². The number of rotatable bonds is 7. The number of hydrogen-bond donors (Lipinski definition) is 3. The largest absolute Gasteiger partial charge is 0.507 e. The molecule has 0 bridgehead atoms. The van der Waals surface area contributed by atoms with Gasteiger partial charge in [-0.05, 0) is 48.7 Å². The molecule has 0 fully saturated rings. The van der Waals surface area contributed by atoms with Gasteiger partial charge in [-0.3, -0.25) is 9.89 Å². The number of phenols is 1. The van der Waals surface area contributed by atoms with Crippen LogP contribution in [0.5, 0.6) is 11.5 Å². The molecule has 7 nitrogen and oxygen atoms in total. The SMILES string of the molecule is CCCc1n[nH]c2cc(O)c(C(=O)N3Cc4ccc(OCCCN)cc4C3)cc12. The molecular formula is C22H26N4O3. The van der Waals surface area contributed by atoms with Crippen molar-refractivity contribution in [2.75, 3.05) is 13.2 Å². The molecular weight excluding hydrogens is 368 g/mol. The van der Waals surface area contributed by atoms with E-state index in [1.165, 1.54) is 0 Å². The smallest absolute Gasteiger partial charge is 0.258 e. The van der Waals surface area contributed by atoms with Gasteiger partial charge >= 0.3 is 0 Å². The highest BCUT2D eigenvalue weighted by molar-refractivity contribution is 6.01. The monoisotopic (exact) mass is 394 g/mol. The summed E-state index contributed by atoms with van der Waals surface area (Å²) in [6.07, 6.45) is 2.58. The number of fused-ring (bicyclic) bond motifs is 2. The van der Waals surface area contributed by atoms with Crippen molar-refractivity contribution in [2.24, 2.45) is 5.73 Å². The lowest BCUT2D eigenvalue weighted by Crippen LogP contribution is -2.25. The molecule has 2 aromatic carbocycles. The molecule has 0 radical (unpaired) electrons. The van der Waals surface area contributed by atoms with E-state index in [9.17, 15) is 9.90 Å². The maximum Gasteiger partial charge on any atom is 0.258 e. The second-order valence-corrected chi connectivity index (χ2v) is 7.42. The van der Waals surface area contributed by atoms with Gasteiger partial charge in [-0.2, -0.15) is 5.10 Å². The number of aryl methyl sites for hydroxylation is 1. The summed E-state index contributed by atoms with van der Waals surface area (Å²) < 4.78 is 5.71. The Bertz CT molecular complexity index is 1040. The Labute approximate surface area is 169 Å². The number of aromatic hydroxyl groups is 1. The van der Waals surface area contributed by atoms with Crippen molar-refractivity contribution >= 4 is 16.8 Å². The standard InChI is InChI=1S/C22H26N4O3/c1-2-4-19-17-10-18(21(27)11-20(17)25-24-19)22(28)26-12-14-5-6-16(9-15(14)13-26)29-8-3-7-23/h5-6,9-11,27H,2-4,7-8,12-13,23H2,1H3,(H,24,25). The minimum atomic E-state index is -0.185. The van der Waals surface area contributed by atoms with E-state index in [0.29, 0.717) is 31.8 Å². The molecule has 0 spiro atoms. The van der Waals surface area contributed by atoms with Crippen molar-refractivity contribution in [1.82, 2.24) is 15.1 Å². The fraction of sp³-hybridized carbons (Fsp3) is 0.364. The Morgan fingerprint density at radius 3 is 2.90 bits per heavy atom. The van der Waals surface area contributed by atoms with Gasteiger partial charge in [0.2, 0.25) is 0 Å². The summed E-state index contributed by atoms with van der Waals surface area (Å²) in [6, 6.07) is 9.25. The lowest BCUT2D eigenvalue weighted by molar-refractivity contribution is 0.0748. The molecule has 0 aliphatic carbocycles. The zero-order valence-electron chi connectivity index (χ0n) is 16.6. The first kappa shape index (κ1) is 19.3. The van der Waals surface area contributed by atoms with Crippen molar-refractivity contribution in [3.8, 4) is 11.5 Å². The first-order valence-corrected chi connectivity index (χ1v) is 10.0. The predicted octanol–water partition coefficient (Wildman–Crippen LogP) is 3.10. The number of nitrogens with two attached hydrogens (primary N) is 1. The average molecular weight is 394 g/mol. The molecule has 29 heavy (non-hydrogen) atoms. The zero-order chi connectivity index (χ0) is 20.4. The summed E-state index contributed by atoms with van der Waals surface area (Å²) in [4.78, 5) is 14.9. The first-order chi connectivity index (χ1) is 14.1. The Balaban J connectivity index is 1.55. The van der Waals surface area contributed by atoms with Crippen LogP contribution in [0.1, 0.15) is 46.9 Å². The van der Waals surface area contributed by atoms with Crippen LogP contribution >= 0.6 is 0 Å². The van der Waals surface area contributed by atoms with Crippen LogP contribution in [0.2, 0.25) is 0 Å². The maximum atomic E-state index is 13.2. The maximum absolute atomic E-state index is 13.2. The third kappa shape index (κ3) is 3.78. The molecule has 0 saturated heterocycles. The molecule has 4 rings (SSSR count). The predicted molar refractivity (Wildman–Crippen MR) is 111 cm³/mol. The van der Waals surface area contributed by atoms with Gasteiger partial charge in [-0.15, -0.1) is 0 Å². The van der Waals surface area contributed by atoms with Crippen molar-refractivity contribution in [3.05, 3.63) is 52.7 Å². The van der Waals surface area contributed by atoms with Crippen molar-refractivity contribution < 1.29 is 14.6 Å². The van der Waals surface area contributed by atoms with Gasteiger partial charge < -0.3 is 20.5 Å². The van der Waals surface area contributed by atoms with E-state index in [2.05, 4.69) is 17.1 Å². The molecule has 152 valence electrons. The van der Waals surface area contributed by atoms with Crippen molar-refractivity contribution in [2.45, 2.75) is 39.3 Å². The van der Waals surface area contributed by atoms with Crippen LogP contribution < -0.4 is 10.5 Å². The molecule has 0 unspecified atom stereocenters. The van der Waals surface area contributed by atoms with E-state index in [1.807, 2.05) is 18.2 Å². The normalized spacial score (nSPS) is 13.1. The number of phenolic OH excluding ortho intramolecular Hbond substituents is 1. The second kappa shape index (κ2) is 8.13. The van der Waals surface area contributed by atoms with Crippen LogP contribution in [-0.4, -0.2) is 39.3 Å². The van der Waals surface area contributed by atoms with E-state index in [4.69, 9.17) is 10.5 Å². The molecule has 4 N–H and O–H groups in total. The second-order valence-electron chi connectivity index (χ2n) is 7.42. The van der Waals surface area contributed by atoms with Gasteiger partial charge in [0, 0.05) is 24.5 Å². The third-order valence-electron chi connectivity index (χ3n) is 5.28. The van der Waals surface area contributed by atoms with E-state index in [-0.39, 0.29) is 11.7 Å². The Morgan fingerprint density at radius 1 is 1.28 bits per heavy atom.